The van der Waals surface area contributed by atoms with Gasteiger partial charge in [-0.1, -0.05) is 0 Å². The molecule has 0 bridgehead atoms. The SMILES string of the molecule is CCNC(=O)C1CCCN(C(=O)c2ccc(N3CCCC3)c([N+](=O)[O-])c2)C1. The molecule has 1 unspecified atom stereocenters. The normalized spacial score (nSPS) is 19.8. The van der Waals surface area contributed by atoms with Gasteiger partial charge in [-0.05, 0) is 44.7 Å². The van der Waals surface area contributed by atoms with Crippen molar-refractivity contribution < 1.29 is 14.5 Å². The molecule has 8 heteroatoms. The van der Waals surface area contributed by atoms with Gasteiger partial charge in [-0.25, -0.2) is 0 Å². The van der Waals surface area contributed by atoms with Gasteiger partial charge >= 0.3 is 0 Å². The van der Waals surface area contributed by atoms with Gasteiger partial charge in [0, 0.05) is 44.4 Å². The average Bonchev–Trinajstić information content (AvgIpc) is 3.22. The highest BCUT2D eigenvalue weighted by Gasteiger charge is 2.30. The van der Waals surface area contributed by atoms with E-state index in [0.717, 1.165) is 38.8 Å². The second-order valence-electron chi connectivity index (χ2n) is 7.14. The van der Waals surface area contributed by atoms with E-state index in [1.807, 2.05) is 11.8 Å². The number of rotatable bonds is 5. The zero-order chi connectivity index (χ0) is 19.4. The summed E-state index contributed by atoms with van der Waals surface area (Å²) in [6.45, 7) is 4.95. The highest BCUT2D eigenvalue weighted by atomic mass is 16.6. The third-order valence-corrected chi connectivity index (χ3v) is 5.30. The molecule has 1 aromatic rings. The lowest BCUT2D eigenvalue weighted by Crippen LogP contribution is -2.45. The van der Waals surface area contributed by atoms with Crippen molar-refractivity contribution in [3.05, 3.63) is 33.9 Å². The number of carbonyl (C=O) groups excluding carboxylic acids is 2. The Morgan fingerprint density at radius 1 is 1.22 bits per heavy atom. The summed E-state index contributed by atoms with van der Waals surface area (Å²) in [4.78, 5) is 39.7. The Balaban J connectivity index is 1.78. The van der Waals surface area contributed by atoms with Crippen molar-refractivity contribution in [2.45, 2.75) is 32.6 Å². The molecule has 2 aliphatic rings. The molecule has 0 saturated carbocycles. The smallest absolute Gasteiger partial charge is 0.293 e. The van der Waals surface area contributed by atoms with Crippen LogP contribution in [-0.2, 0) is 4.79 Å². The monoisotopic (exact) mass is 374 g/mol. The molecule has 2 saturated heterocycles. The van der Waals surface area contributed by atoms with E-state index in [4.69, 9.17) is 0 Å². The molecular formula is C19H26N4O4. The number of piperidine rings is 1. The number of anilines is 1. The van der Waals surface area contributed by atoms with Crippen molar-refractivity contribution in [3.8, 4) is 0 Å². The summed E-state index contributed by atoms with van der Waals surface area (Å²) in [5.41, 5.74) is 0.856. The van der Waals surface area contributed by atoms with Crippen molar-refractivity contribution in [3.63, 3.8) is 0 Å². The topological polar surface area (TPSA) is 95.8 Å². The maximum atomic E-state index is 12.9. The molecule has 1 N–H and O–H groups in total. The number of nitro benzene ring substituents is 1. The zero-order valence-corrected chi connectivity index (χ0v) is 15.6. The molecule has 0 aliphatic carbocycles. The third-order valence-electron chi connectivity index (χ3n) is 5.30. The lowest BCUT2D eigenvalue weighted by Gasteiger charge is -2.32. The second kappa shape index (κ2) is 8.37. The van der Waals surface area contributed by atoms with Crippen LogP contribution in [0, 0.1) is 16.0 Å². The molecule has 3 rings (SSSR count). The maximum absolute atomic E-state index is 12.9. The molecule has 8 nitrogen and oxygen atoms in total. The molecule has 0 aromatic heterocycles. The van der Waals surface area contributed by atoms with E-state index in [9.17, 15) is 19.7 Å². The van der Waals surface area contributed by atoms with Crippen LogP contribution in [0.4, 0.5) is 11.4 Å². The number of hydrogen-bond donors (Lipinski definition) is 1. The van der Waals surface area contributed by atoms with E-state index in [1.165, 1.54) is 6.07 Å². The highest BCUT2D eigenvalue weighted by molar-refractivity contribution is 5.96. The predicted octanol–water partition coefficient (Wildman–Crippen LogP) is 2.18. The lowest BCUT2D eigenvalue weighted by molar-refractivity contribution is -0.384. The fraction of sp³-hybridized carbons (Fsp3) is 0.579. The molecule has 27 heavy (non-hydrogen) atoms. The number of likely N-dealkylation sites (tertiary alicyclic amines) is 1. The molecule has 1 aromatic carbocycles. The number of benzene rings is 1. The van der Waals surface area contributed by atoms with E-state index in [1.54, 1.807) is 17.0 Å². The summed E-state index contributed by atoms with van der Waals surface area (Å²) < 4.78 is 0. The van der Waals surface area contributed by atoms with Gasteiger partial charge in [0.15, 0.2) is 0 Å². The molecule has 2 amide bonds. The Bertz CT molecular complexity index is 730. The average molecular weight is 374 g/mol. The minimum absolute atomic E-state index is 0.0277. The van der Waals surface area contributed by atoms with Crippen LogP contribution >= 0.6 is 0 Å². The first-order valence-electron chi connectivity index (χ1n) is 9.61. The first kappa shape index (κ1) is 19.1. The van der Waals surface area contributed by atoms with E-state index in [0.29, 0.717) is 30.9 Å². The number of nitrogens with one attached hydrogen (secondary N) is 1. The van der Waals surface area contributed by atoms with Crippen LogP contribution in [0.5, 0.6) is 0 Å². The molecule has 0 spiro atoms. The predicted molar refractivity (Wildman–Crippen MR) is 102 cm³/mol. The third kappa shape index (κ3) is 4.20. The van der Waals surface area contributed by atoms with Crippen molar-refractivity contribution in [1.29, 1.82) is 0 Å². The second-order valence-corrected chi connectivity index (χ2v) is 7.14. The van der Waals surface area contributed by atoms with Crippen molar-refractivity contribution in [2.24, 2.45) is 5.92 Å². The quantitative estimate of drug-likeness (QED) is 0.629. The number of nitro groups is 1. The summed E-state index contributed by atoms with van der Waals surface area (Å²) in [6, 6.07) is 4.73. The summed E-state index contributed by atoms with van der Waals surface area (Å²) in [7, 11) is 0. The van der Waals surface area contributed by atoms with Gasteiger partial charge in [-0.3, -0.25) is 19.7 Å². The van der Waals surface area contributed by atoms with Crippen molar-refractivity contribution >= 4 is 23.2 Å². The molecule has 1 atom stereocenters. The maximum Gasteiger partial charge on any atom is 0.293 e. The van der Waals surface area contributed by atoms with E-state index in [2.05, 4.69) is 5.32 Å². The molecule has 0 radical (unpaired) electrons. The van der Waals surface area contributed by atoms with E-state index >= 15 is 0 Å². The first-order valence-corrected chi connectivity index (χ1v) is 9.61. The highest BCUT2D eigenvalue weighted by Crippen LogP contribution is 2.32. The Morgan fingerprint density at radius 2 is 1.96 bits per heavy atom. The number of hydrogen-bond acceptors (Lipinski definition) is 5. The van der Waals surface area contributed by atoms with Gasteiger partial charge in [0.2, 0.25) is 5.91 Å². The minimum Gasteiger partial charge on any atom is -0.366 e. The molecule has 146 valence electrons. The standard InChI is InChI=1S/C19H26N4O4/c1-2-20-18(24)15-6-5-11-22(13-15)19(25)14-7-8-16(17(12-14)23(26)27)21-9-3-4-10-21/h7-8,12,15H,2-6,9-11,13H2,1H3,(H,20,24). The Morgan fingerprint density at radius 3 is 2.63 bits per heavy atom. The lowest BCUT2D eigenvalue weighted by atomic mass is 9.96. The van der Waals surface area contributed by atoms with Crippen molar-refractivity contribution in [1.82, 2.24) is 10.2 Å². The Hall–Kier alpha value is -2.64. The fourth-order valence-electron chi connectivity index (χ4n) is 3.90. The largest absolute Gasteiger partial charge is 0.366 e. The first-order chi connectivity index (χ1) is 13.0. The summed E-state index contributed by atoms with van der Waals surface area (Å²) in [6.07, 6.45) is 3.55. The number of carbonyl (C=O) groups is 2. The van der Waals surface area contributed by atoms with Crippen LogP contribution in [-0.4, -0.2) is 54.4 Å². The van der Waals surface area contributed by atoms with Crippen LogP contribution < -0.4 is 10.2 Å². The van der Waals surface area contributed by atoms with Crippen molar-refractivity contribution in [2.75, 3.05) is 37.6 Å². The van der Waals surface area contributed by atoms with Gasteiger partial charge in [-0.2, -0.15) is 0 Å². The van der Waals surface area contributed by atoms with Crippen LogP contribution in [0.25, 0.3) is 0 Å². The summed E-state index contributed by atoms with van der Waals surface area (Å²) >= 11 is 0. The summed E-state index contributed by atoms with van der Waals surface area (Å²) in [5, 5.41) is 14.3. The van der Waals surface area contributed by atoms with Gasteiger partial charge in [0.25, 0.3) is 11.6 Å². The van der Waals surface area contributed by atoms with Gasteiger partial charge in [-0.15, -0.1) is 0 Å². The minimum atomic E-state index is -0.419. The Labute approximate surface area is 158 Å². The van der Waals surface area contributed by atoms with Crippen LogP contribution in [0.2, 0.25) is 0 Å². The zero-order valence-electron chi connectivity index (χ0n) is 15.6. The summed E-state index contributed by atoms with van der Waals surface area (Å²) in [5.74, 6) is -0.507. The van der Waals surface area contributed by atoms with Crippen LogP contribution in [0.3, 0.4) is 0 Å². The van der Waals surface area contributed by atoms with Crippen LogP contribution in [0.15, 0.2) is 18.2 Å². The molecule has 2 fully saturated rings. The van der Waals surface area contributed by atoms with E-state index in [-0.39, 0.29) is 23.4 Å². The fourth-order valence-corrected chi connectivity index (χ4v) is 3.90. The number of nitrogens with zero attached hydrogens (tertiary/aromatic N) is 3. The molecule has 2 aliphatic heterocycles. The molecule has 2 heterocycles. The Kier molecular flexibility index (Phi) is 5.93. The molecular weight excluding hydrogens is 348 g/mol. The van der Waals surface area contributed by atoms with Crippen LogP contribution in [0.1, 0.15) is 43.0 Å². The van der Waals surface area contributed by atoms with Gasteiger partial charge < -0.3 is 15.1 Å². The van der Waals surface area contributed by atoms with Gasteiger partial charge in [0.05, 0.1) is 10.8 Å². The van der Waals surface area contributed by atoms with E-state index < -0.39 is 4.92 Å². The van der Waals surface area contributed by atoms with Gasteiger partial charge in [0.1, 0.15) is 5.69 Å². The number of amides is 2.